The van der Waals surface area contributed by atoms with Crippen molar-refractivity contribution in [2.24, 2.45) is 5.92 Å². The van der Waals surface area contributed by atoms with Crippen LogP contribution in [0.1, 0.15) is 24.0 Å². The van der Waals surface area contributed by atoms with Crippen molar-refractivity contribution < 1.29 is 19.3 Å². The van der Waals surface area contributed by atoms with E-state index in [0.29, 0.717) is 5.92 Å². The highest BCUT2D eigenvalue weighted by Gasteiger charge is 2.46. The Hall–Kier alpha value is -2.99. The number of hydrogen-bond acceptors (Lipinski definition) is 3. The van der Waals surface area contributed by atoms with Crippen LogP contribution in [0.2, 0.25) is 0 Å². The Balaban J connectivity index is 1.32. The zero-order valence-corrected chi connectivity index (χ0v) is 16.4. The van der Waals surface area contributed by atoms with Gasteiger partial charge in [-0.3, -0.25) is 14.5 Å². The molecule has 1 N–H and O–H groups in total. The van der Waals surface area contributed by atoms with E-state index in [9.17, 15) is 14.4 Å². The fourth-order valence-electron chi connectivity index (χ4n) is 4.21. The predicted octanol–water partition coefficient (Wildman–Crippen LogP) is 1.47. The minimum atomic E-state index is -0.725. The maximum atomic E-state index is 12.7. The number of urea groups is 1. The first-order valence-electron chi connectivity index (χ1n) is 10.2. The maximum absolute atomic E-state index is 12.7. The highest BCUT2D eigenvalue weighted by Crippen LogP contribution is 2.18. The van der Waals surface area contributed by atoms with Gasteiger partial charge in [-0.1, -0.05) is 60.7 Å². The molecule has 29 heavy (non-hydrogen) atoms. The van der Waals surface area contributed by atoms with Crippen LogP contribution in [0.25, 0.3) is 0 Å². The van der Waals surface area contributed by atoms with Gasteiger partial charge in [0, 0.05) is 0 Å². The molecule has 2 aliphatic rings. The molecule has 4 rings (SSSR count). The van der Waals surface area contributed by atoms with E-state index in [2.05, 4.69) is 24.3 Å². The lowest BCUT2D eigenvalue weighted by Gasteiger charge is -2.31. The first kappa shape index (κ1) is 19.3. The molecule has 2 aromatic rings. The topological polar surface area (TPSA) is 62.1 Å². The number of likely N-dealkylation sites (tertiary alicyclic amines) is 1. The van der Waals surface area contributed by atoms with Gasteiger partial charge in [0.1, 0.15) is 0 Å². The number of benzene rings is 2. The van der Waals surface area contributed by atoms with Gasteiger partial charge in [0.2, 0.25) is 0 Å². The Morgan fingerprint density at radius 1 is 0.759 bits per heavy atom. The zero-order valence-electron chi connectivity index (χ0n) is 16.4. The van der Waals surface area contributed by atoms with Crippen molar-refractivity contribution in [1.29, 1.82) is 0 Å². The molecule has 0 saturated carbocycles. The Labute approximate surface area is 170 Å². The van der Waals surface area contributed by atoms with Gasteiger partial charge >= 0.3 is 17.8 Å². The minimum absolute atomic E-state index is 0.134. The lowest BCUT2D eigenvalue weighted by Crippen LogP contribution is -3.14. The second-order valence-corrected chi connectivity index (χ2v) is 7.93. The number of rotatable bonds is 6. The first-order valence-corrected chi connectivity index (χ1v) is 10.2. The predicted molar refractivity (Wildman–Crippen MR) is 108 cm³/mol. The Morgan fingerprint density at radius 3 is 1.93 bits per heavy atom. The normalized spacial score (nSPS) is 22.4. The van der Waals surface area contributed by atoms with Crippen molar-refractivity contribution in [3.8, 4) is 0 Å². The molecule has 2 aromatic carbocycles. The Morgan fingerprint density at radius 2 is 1.31 bits per heavy atom. The Bertz CT molecular complexity index is 877. The third kappa shape index (κ3) is 4.38. The molecule has 2 fully saturated rings. The second kappa shape index (κ2) is 8.57. The summed E-state index contributed by atoms with van der Waals surface area (Å²) in [6.07, 6.45) is 3.18. The van der Waals surface area contributed by atoms with E-state index in [1.165, 1.54) is 10.5 Å². The molecule has 0 aliphatic carbocycles. The molecule has 0 unspecified atom stereocenters. The number of piperidine rings is 1. The summed E-state index contributed by atoms with van der Waals surface area (Å²) in [4.78, 5) is 40.8. The van der Waals surface area contributed by atoms with Gasteiger partial charge in [0.05, 0.1) is 19.6 Å². The number of imide groups is 2. The van der Waals surface area contributed by atoms with E-state index in [1.54, 1.807) is 0 Å². The van der Waals surface area contributed by atoms with Gasteiger partial charge < -0.3 is 4.90 Å². The third-order valence-electron chi connectivity index (χ3n) is 5.88. The van der Waals surface area contributed by atoms with Crippen molar-refractivity contribution in [3.05, 3.63) is 71.8 Å². The summed E-state index contributed by atoms with van der Waals surface area (Å²) in [7, 11) is 0. The molecule has 2 saturated heterocycles. The highest BCUT2D eigenvalue weighted by molar-refractivity contribution is 6.44. The maximum Gasteiger partial charge on any atom is 0.339 e. The van der Waals surface area contributed by atoms with Crippen LogP contribution in [-0.2, 0) is 22.6 Å². The van der Waals surface area contributed by atoms with E-state index in [0.717, 1.165) is 47.7 Å². The van der Waals surface area contributed by atoms with Crippen LogP contribution in [0.4, 0.5) is 4.79 Å². The molecular weight excluding hydrogens is 366 g/mol. The average molecular weight is 392 g/mol. The molecule has 0 atom stereocenters. The minimum Gasteiger partial charge on any atom is -0.317 e. The molecular formula is C23H26N3O3+. The summed E-state index contributed by atoms with van der Waals surface area (Å²) < 4.78 is 0. The lowest BCUT2D eigenvalue weighted by molar-refractivity contribution is -0.913. The molecule has 2 aliphatic heterocycles. The van der Waals surface area contributed by atoms with Crippen LogP contribution < -0.4 is 4.90 Å². The molecule has 0 spiro atoms. The third-order valence-corrected chi connectivity index (χ3v) is 5.88. The summed E-state index contributed by atoms with van der Waals surface area (Å²) in [5.74, 6) is -0.801. The standard InChI is InChI=1S/C23H25N3O3/c27-21-22(28)26(23(29)25(21)16-20-9-5-2-6-10-20)17-24-13-11-19(12-14-24)15-18-7-3-1-4-8-18/h1-10,19H,11-17H2/p+1. The van der Waals surface area contributed by atoms with Crippen LogP contribution in [-0.4, -0.2) is 47.4 Å². The zero-order chi connectivity index (χ0) is 20.2. The van der Waals surface area contributed by atoms with Crippen molar-refractivity contribution in [1.82, 2.24) is 9.80 Å². The largest absolute Gasteiger partial charge is 0.339 e. The SMILES string of the molecule is O=C1C(=O)N(C[NH+]2CCC(Cc3ccccc3)CC2)C(=O)N1Cc1ccccc1. The number of hydrogen-bond donors (Lipinski definition) is 1. The fraction of sp³-hybridized carbons (Fsp3) is 0.348. The van der Waals surface area contributed by atoms with E-state index < -0.39 is 17.8 Å². The van der Waals surface area contributed by atoms with Gasteiger partial charge in [-0.25, -0.2) is 9.69 Å². The number of amides is 4. The fourth-order valence-corrected chi connectivity index (χ4v) is 4.21. The number of carbonyl (C=O) groups is 3. The van der Waals surface area contributed by atoms with E-state index in [-0.39, 0.29) is 13.2 Å². The number of nitrogens with zero attached hydrogens (tertiary/aromatic N) is 2. The molecule has 0 radical (unpaired) electrons. The highest BCUT2D eigenvalue weighted by atomic mass is 16.2. The van der Waals surface area contributed by atoms with Crippen LogP contribution in [0.3, 0.4) is 0 Å². The quantitative estimate of drug-likeness (QED) is 0.598. The molecule has 150 valence electrons. The van der Waals surface area contributed by atoms with E-state index in [4.69, 9.17) is 0 Å². The van der Waals surface area contributed by atoms with Crippen molar-refractivity contribution in [3.63, 3.8) is 0 Å². The van der Waals surface area contributed by atoms with Gasteiger partial charge in [0.15, 0.2) is 6.67 Å². The van der Waals surface area contributed by atoms with Crippen LogP contribution >= 0.6 is 0 Å². The van der Waals surface area contributed by atoms with Gasteiger partial charge in [-0.15, -0.1) is 0 Å². The van der Waals surface area contributed by atoms with Crippen molar-refractivity contribution >= 4 is 17.8 Å². The molecule has 6 heteroatoms. The number of quaternary nitrogens is 1. The van der Waals surface area contributed by atoms with Crippen LogP contribution in [0.15, 0.2) is 60.7 Å². The average Bonchev–Trinajstić information content (AvgIpc) is 2.95. The van der Waals surface area contributed by atoms with Crippen molar-refractivity contribution in [2.75, 3.05) is 19.8 Å². The van der Waals surface area contributed by atoms with E-state index in [1.807, 2.05) is 36.4 Å². The summed E-state index contributed by atoms with van der Waals surface area (Å²) >= 11 is 0. The second-order valence-electron chi connectivity index (χ2n) is 7.93. The van der Waals surface area contributed by atoms with Gasteiger partial charge in [0.25, 0.3) is 0 Å². The van der Waals surface area contributed by atoms with E-state index >= 15 is 0 Å². The van der Waals surface area contributed by atoms with Gasteiger partial charge in [-0.2, -0.15) is 0 Å². The van der Waals surface area contributed by atoms with Crippen LogP contribution in [0, 0.1) is 5.92 Å². The number of nitrogens with one attached hydrogen (secondary N) is 1. The van der Waals surface area contributed by atoms with Crippen molar-refractivity contribution in [2.45, 2.75) is 25.8 Å². The molecule has 4 amide bonds. The summed E-state index contributed by atoms with van der Waals surface area (Å²) in [5, 5.41) is 0. The number of carbonyl (C=O) groups excluding carboxylic acids is 3. The summed E-state index contributed by atoms with van der Waals surface area (Å²) in [5.41, 5.74) is 2.19. The molecule has 2 heterocycles. The smallest absolute Gasteiger partial charge is 0.317 e. The summed E-state index contributed by atoms with van der Waals surface area (Å²) in [6.45, 7) is 2.21. The summed E-state index contributed by atoms with van der Waals surface area (Å²) in [6, 6.07) is 19.3. The van der Waals surface area contributed by atoms with Crippen LogP contribution in [0.5, 0.6) is 0 Å². The molecule has 6 nitrogen and oxygen atoms in total. The monoisotopic (exact) mass is 392 g/mol. The molecule has 0 aromatic heterocycles. The lowest BCUT2D eigenvalue weighted by atomic mass is 9.90. The molecule has 0 bridgehead atoms. The Kier molecular flexibility index (Phi) is 5.71. The first-order chi connectivity index (χ1) is 14.1. The van der Waals surface area contributed by atoms with Gasteiger partial charge in [-0.05, 0) is 36.3 Å².